The molecule has 0 atom stereocenters. The van der Waals surface area contributed by atoms with Gasteiger partial charge in [-0.3, -0.25) is 0 Å². The summed E-state index contributed by atoms with van der Waals surface area (Å²) in [5.41, 5.74) is 1.07. The van der Waals surface area contributed by atoms with Gasteiger partial charge < -0.3 is 4.74 Å². The second-order valence-corrected chi connectivity index (χ2v) is 4.37. The Morgan fingerprint density at radius 1 is 1.64 bits per heavy atom. The van der Waals surface area contributed by atoms with Gasteiger partial charge in [-0.1, -0.05) is 20.4 Å². The predicted octanol–water partition coefficient (Wildman–Crippen LogP) is 3.36. The summed E-state index contributed by atoms with van der Waals surface area (Å²) in [6, 6.07) is 0. The zero-order chi connectivity index (χ0) is 10.6. The second kappa shape index (κ2) is 5.15. The molecule has 0 saturated heterocycles. The fourth-order valence-electron chi connectivity index (χ4n) is 1.13. The van der Waals surface area contributed by atoms with Gasteiger partial charge in [0.15, 0.2) is 0 Å². The van der Waals surface area contributed by atoms with Gasteiger partial charge in [0.1, 0.15) is 0 Å². The van der Waals surface area contributed by atoms with Crippen LogP contribution in [0.15, 0.2) is 17.7 Å². The van der Waals surface area contributed by atoms with E-state index in [-0.39, 0.29) is 0 Å². The number of rotatable bonds is 5. The number of allylic oxidation sites excluding steroid dienone is 1. The summed E-state index contributed by atoms with van der Waals surface area (Å²) in [7, 11) is 0. The van der Waals surface area contributed by atoms with Crippen molar-refractivity contribution in [3.05, 3.63) is 28.4 Å². The van der Waals surface area contributed by atoms with E-state index in [2.05, 4.69) is 30.8 Å². The smallest absolute Gasteiger partial charge is 0.0953 e. The van der Waals surface area contributed by atoms with Crippen molar-refractivity contribution in [3.63, 3.8) is 0 Å². The van der Waals surface area contributed by atoms with Gasteiger partial charge >= 0.3 is 0 Å². The minimum atomic E-state index is 0.508. The van der Waals surface area contributed by atoms with E-state index in [1.807, 2.05) is 6.92 Å². The molecule has 0 amide bonds. The van der Waals surface area contributed by atoms with E-state index < -0.39 is 0 Å². The number of hydrogen-bond donors (Lipinski definition) is 0. The van der Waals surface area contributed by atoms with Crippen LogP contribution in [-0.4, -0.2) is 11.6 Å². The van der Waals surface area contributed by atoms with Gasteiger partial charge in [0.25, 0.3) is 0 Å². The summed E-state index contributed by atoms with van der Waals surface area (Å²) in [5, 5.41) is 3.27. The molecule has 14 heavy (non-hydrogen) atoms. The van der Waals surface area contributed by atoms with Crippen LogP contribution < -0.4 is 0 Å². The topological polar surface area (TPSA) is 22.1 Å². The Labute approximate surface area is 89.6 Å². The third-order valence-electron chi connectivity index (χ3n) is 1.79. The van der Waals surface area contributed by atoms with Gasteiger partial charge in [-0.25, -0.2) is 4.98 Å². The maximum absolute atomic E-state index is 5.29. The van der Waals surface area contributed by atoms with Crippen molar-refractivity contribution in [2.24, 2.45) is 0 Å². The number of nitrogens with zero attached hydrogens (tertiary/aromatic N) is 1. The maximum atomic E-state index is 5.29. The molecule has 0 saturated carbocycles. The molecule has 2 nitrogen and oxygen atoms in total. The van der Waals surface area contributed by atoms with Crippen LogP contribution >= 0.6 is 11.3 Å². The molecule has 0 N–H and O–H groups in total. The molecule has 3 heteroatoms. The van der Waals surface area contributed by atoms with Gasteiger partial charge in [0, 0.05) is 17.7 Å². The first kappa shape index (κ1) is 11.2. The van der Waals surface area contributed by atoms with E-state index in [1.165, 1.54) is 5.01 Å². The van der Waals surface area contributed by atoms with E-state index >= 15 is 0 Å². The van der Waals surface area contributed by atoms with Crippen molar-refractivity contribution in [2.45, 2.75) is 33.1 Å². The van der Waals surface area contributed by atoms with Crippen LogP contribution in [0.25, 0.3) is 0 Å². The van der Waals surface area contributed by atoms with Crippen molar-refractivity contribution >= 4 is 11.3 Å². The summed E-state index contributed by atoms with van der Waals surface area (Å²) in [6.45, 7) is 10.8. The molecule has 0 bridgehead atoms. The number of aromatic nitrogens is 1. The van der Waals surface area contributed by atoms with Crippen molar-refractivity contribution in [1.29, 1.82) is 0 Å². The SMILES string of the molecule is C=C(Cc1csc(C(C)C)n1)OCC. The van der Waals surface area contributed by atoms with Crippen molar-refractivity contribution in [1.82, 2.24) is 4.98 Å². The summed E-state index contributed by atoms with van der Waals surface area (Å²) in [5.74, 6) is 1.31. The zero-order valence-electron chi connectivity index (χ0n) is 9.04. The van der Waals surface area contributed by atoms with Crippen LogP contribution in [0.5, 0.6) is 0 Å². The van der Waals surface area contributed by atoms with E-state index in [0.29, 0.717) is 12.5 Å². The molecule has 1 aromatic heterocycles. The largest absolute Gasteiger partial charge is 0.498 e. The molecule has 0 aromatic carbocycles. The lowest BCUT2D eigenvalue weighted by Gasteiger charge is -2.03. The Morgan fingerprint density at radius 3 is 2.86 bits per heavy atom. The monoisotopic (exact) mass is 211 g/mol. The third-order valence-corrected chi connectivity index (χ3v) is 2.98. The van der Waals surface area contributed by atoms with Crippen LogP contribution in [0.1, 0.15) is 37.4 Å². The highest BCUT2D eigenvalue weighted by molar-refractivity contribution is 7.09. The van der Waals surface area contributed by atoms with E-state index in [1.54, 1.807) is 11.3 Å². The van der Waals surface area contributed by atoms with E-state index in [0.717, 1.165) is 17.9 Å². The van der Waals surface area contributed by atoms with Gasteiger partial charge in [0.2, 0.25) is 0 Å². The summed E-state index contributed by atoms with van der Waals surface area (Å²) in [6.07, 6.45) is 0.733. The average Bonchev–Trinajstić information content (AvgIpc) is 2.53. The zero-order valence-corrected chi connectivity index (χ0v) is 9.86. The first-order chi connectivity index (χ1) is 6.63. The quantitative estimate of drug-likeness (QED) is 0.697. The van der Waals surface area contributed by atoms with Crippen LogP contribution in [0, 0.1) is 0 Å². The Kier molecular flexibility index (Phi) is 4.14. The van der Waals surface area contributed by atoms with Crippen LogP contribution in [0.3, 0.4) is 0 Å². The highest BCUT2D eigenvalue weighted by Gasteiger charge is 2.06. The lowest BCUT2D eigenvalue weighted by Crippen LogP contribution is -1.95. The predicted molar refractivity (Wildman–Crippen MR) is 60.7 cm³/mol. The minimum absolute atomic E-state index is 0.508. The molecule has 0 aliphatic carbocycles. The van der Waals surface area contributed by atoms with Crippen LogP contribution in [0.4, 0.5) is 0 Å². The number of thiazole rings is 1. The Morgan fingerprint density at radius 2 is 2.36 bits per heavy atom. The number of hydrogen-bond acceptors (Lipinski definition) is 3. The fraction of sp³-hybridized carbons (Fsp3) is 0.545. The molecule has 1 rings (SSSR count). The highest BCUT2D eigenvalue weighted by atomic mass is 32.1. The first-order valence-corrected chi connectivity index (χ1v) is 5.76. The van der Waals surface area contributed by atoms with E-state index in [4.69, 9.17) is 4.74 Å². The Bertz CT molecular complexity index is 304. The van der Waals surface area contributed by atoms with Crippen molar-refractivity contribution < 1.29 is 4.74 Å². The molecule has 1 aromatic rings. The Balaban J connectivity index is 2.55. The summed E-state index contributed by atoms with van der Waals surface area (Å²) >= 11 is 1.71. The highest BCUT2D eigenvalue weighted by Crippen LogP contribution is 2.20. The maximum Gasteiger partial charge on any atom is 0.0953 e. The Hall–Kier alpha value is -0.830. The average molecular weight is 211 g/mol. The van der Waals surface area contributed by atoms with Crippen molar-refractivity contribution in [3.8, 4) is 0 Å². The summed E-state index contributed by atoms with van der Waals surface area (Å²) < 4.78 is 5.29. The lowest BCUT2D eigenvalue weighted by atomic mass is 10.2. The van der Waals surface area contributed by atoms with Crippen LogP contribution in [-0.2, 0) is 11.2 Å². The molecule has 0 radical (unpaired) electrons. The molecule has 78 valence electrons. The fourth-order valence-corrected chi connectivity index (χ4v) is 1.96. The normalized spacial score (nSPS) is 10.6. The van der Waals surface area contributed by atoms with Gasteiger partial charge in [-0.05, 0) is 6.92 Å². The van der Waals surface area contributed by atoms with Crippen molar-refractivity contribution in [2.75, 3.05) is 6.61 Å². The molecule has 1 heterocycles. The summed E-state index contributed by atoms with van der Waals surface area (Å²) in [4.78, 5) is 4.51. The molecular formula is C11H17NOS. The van der Waals surface area contributed by atoms with E-state index in [9.17, 15) is 0 Å². The molecule has 0 aliphatic rings. The molecule has 0 unspecified atom stereocenters. The first-order valence-electron chi connectivity index (χ1n) is 4.88. The van der Waals surface area contributed by atoms with Gasteiger partial charge in [-0.2, -0.15) is 0 Å². The second-order valence-electron chi connectivity index (χ2n) is 3.48. The minimum Gasteiger partial charge on any atom is -0.498 e. The van der Waals surface area contributed by atoms with Gasteiger partial charge in [-0.15, -0.1) is 11.3 Å². The standard InChI is InChI=1S/C11H17NOS/c1-5-13-9(4)6-10-7-14-11(12-10)8(2)3/h7-8H,4-6H2,1-3H3. The molecular weight excluding hydrogens is 194 g/mol. The van der Waals surface area contributed by atoms with Crippen LogP contribution in [0.2, 0.25) is 0 Å². The van der Waals surface area contributed by atoms with Gasteiger partial charge in [0.05, 0.1) is 23.1 Å². The molecule has 0 spiro atoms. The number of ether oxygens (including phenoxy) is 1. The lowest BCUT2D eigenvalue weighted by molar-refractivity contribution is 0.224. The molecule has 0 aliphatic heterocycles. The third kappa shape index (κ3) is 3.14. The molecule has 0 fully saturated rings.